The molecule has 0 radical (unpaired) electrons. The Kier molecular flexibility index (Phi) is 8.84. The summed E-state index contributed by atoms with van der Waals surface area (Å²) < 4.78 is 46.9. The van der Waals surface area contributed by atoms with Gasteiger partial charge in [-0.15, -0.1) is 0 Å². The minimum atomic E-state index is -4.00. The number of ether oxygens (including phenoxy) is 2. The molecule has 0 unspecified atom stereocenters. The molecular formula is C19H23F3O5. The molecular weight excluding hydrogens is 365 g/mol. The highest BCUT2D eigenvalue weighted by atomic mass is 19.4. The van der Waals surface area contributed by atoms with E-state index in [1.807, 2.05) is 12.1 Å². The van der Waals surface area contributed by atoms with Gasteiger partial charge in [0, 0.05) is 6.92 Å². The van der Waals surface area contributed by atoms with Gasteiger partial charge < -0.3 is 13.9 Å². The van der Waals surface area contributed by atoms with Crippen LogP contribution < -0.4 is 10.4 Å². The third kappa shape index (κ3) is 9.67. The topological polar surface area (TPSA) is 65.7 Å². The van der Waals surface area contributed by atoms with Crippen molar-refractivity contribution in [1.82, 2.24) is 0 Å². The monoisotopic (exact) mass is 388 g/mol. The van der Waals surface area contributed by atoms with Crippen molar-refractivity contribution in [3.05, 3.63) is 40.8 Å². The molecule has 1 heterocycles. The van der Waals surface area contributed by atoms with Crippen LogP contribution in [0.1, 0.15) is 33.6 Å². The first-order chi connectivity index (χ1) is 12.6. The predicted octanol–water partition coefficient (Wildman–Crippen LogP) is 4.72. The van der Waals surface area contributed by atoms with Crippen LogP contribution in [0, 0.1) is 5.92 Å². The first kappa shape index (κ1) is 22.5. The van der Waals surface area contributed by atoms with E-state index < -0.39 is 11.8 Å². The highest BCUT2D eigenvalue weighted by molar-refractivity contribution is 5.82. The molecule has 150 valence electrons. The van der Waals surface area contributed by atoms with Gasteiger partial charge in [0.1, 0.15) is 11.3 Å². The number of hydrogen-bond donors (Lipinski definition) is 0. The summed E-state index contributed by atoms with van der Waals surface area (Å²) in [6.07, 6.45) is -2.54. The van der Waals surface area contributed by atoms with Gasteiger partial charge in [0.2, 0.25) is 0 Å². The van der Waals surface area contributed by atoms with E-state index in [1.54, 1.807) is 26.0 Å². The second-order valence-corrected chi connectivity index (χ2v) is 6.08. The van der Waals surface area contributed by atoms with Crippen molar-refractivity contribution in [2.75, 3.05) is 13.2 Å². The summed E-state index contributed by atoms with van der Waals surface area (Å²) in [6.45, 7) is 4.63. The highest BCUT2D eigenvalue weighted by Gasteiger charge is 2.15. The lowest BCUT2D eigenvalue weighted by Crippen LogP contribution is -2.13. The molecule has 5 nitrogen and oxygen atoms in total. The van der Waals surface area contributed by atoms with Crippen molar-refractivity contribution < 1.29 is 31.9 Å². The molecule has 8 heteroatoms. The summed E-state index contributed by atoms with van der Waals surface area (Å²) in [4.78, 5) is 22.8. The zero-order valence-electron chi connectivity index (χ0n) is 15.5. The van der Waals surface area contributed by atoms with Gasteiger partial charge in [-0.1, -0.05) is 26.0 Å². The molecule has 0 saturated carbocycles. The van der Waals surface area contributed by atoms with Crippen molar-refractivity contribution in [3.63, 3.8) is 0 Å². The lowest BCUT2D eigenvalue weighted by molar-refractivity contribution is -0.147. The summed E-state index contributed by atoms with van der Waals surface area (Å²) in [7, 11) is 0. The van der Waals surface area contributed by atoms with E-state index in [0.29, 0.717) is 24.5 Å². The molecule has 0 bridgehead atoms. The smallest absolute Gasteiger partial charge is 0.386 e. The maximum absolute atomic E-state index is 11.5. The Morgan fingerprint density at radius 2 is 1.74 bits per heavy atom. The molecule has 0 aliphatic carbocycles. The number of unbranched alkanes of at least 4 members (excludes halogenated alkanes) is 1. The van der Waals surface area contributed by atoms with Crippen molar-refractivity contribution in [2.24, 2.45) is 5.92 Å². The van der Waals surface area contributed by atoms with Gasteiger partial charge in [-0.3, -0.25) is 4.79 Å². The molecule has 1 aromatic heterocycles. The van der Waals surface area contributed by atoms with Gasteiger partial charge in [-0.05, 0) is 25.0 Å². The van der Waals surface area contributed by atoms with Crippen molar-refractivity contribution >= 4 is 16.9 Å². The van der Waals surface area contributed by atoms with E-state index in [-0.39, 0.29) is 18.8 Å². The maximum atomic E-state index is 11.5. The lowest BCUT2D eigenvalue weighted by atomic mass is 10.2. The van der Waals surface area contributed by atoms with E-state index >= 15 is 0 Å². The number of carbonyl (C=O) groups is 1. The van der Waals surface area contributed by atoms with E-state index in [2.05, 4.69) is 0 Å². The lowest BCUT2D eigenvalue weighted by Gasteiger charge is -2.09. The standard InChI is InChI=1S/C17H20O5.C2H3F3/c1-12(2)17(19)21-10-6-5-9-20-15-11-16(18)22-14-8-4-3-7-13(14)15;1-2(3,4)5/h3-4,7-8,11-12H,5-6,9-10H2,1-2H3;1H3. The van der Waals surface area contributed by atoms with Crippen LogP contribution in [-0.2, 0) is 9.53 Å². The van der Waals surface area contributed by atoms with Crippen molar-refractivity contribution in [3.8, 4) is 5.75 Å². The first-order valence-corrected chi connectivity index (χ1v) is 8.47. The SMILES string of the molecule is CC(C)C(=O)OCCCCOc1cc(=O)oc2ccccc12.CC(F)(F)F. The maximum Gasteiger partial charge on any atom is 0.386 e. The number of hydrogen-bond acceptors (Lipinski definition) is 5. The molecule has 0 saturated heterocycles. The van der Waals surface area contributed by atoms with Gasteiger partial charge in [-0.2, -0.15) is 13.2 Å². The minimum Gasteiger partial charge on any atom is -0.493 e. The Morgan fingerprint density at radius 1 is 1.15 bits per heavy atom. The average molecular weight is 388 g/mol. The summed E-state index contributed by atoms with van der Waals surface area (Å²) in [5, 5.41) is 0.772. The van der Waals surface area contributed by atoms with Gasteiger partial charge in [0.05, 0.1) is 30.6 Å². The number of esters is 1. The van der Waals surface area contributed by atoms with Crippen LogP contribution in [0.5, 0.6) is 5.75 Å². The summed E-state index contributed by atoms with van der Waals surface area (Å²) >= 11 is 0. The van der Waals surface area contributed by atoms with E-state index in [1.165, 1.54) is 6.07 Å². The highest BCUT2D eigenvalue weighted by Crippen LogP contribution is 2.23. The molecule has 2 rings (SSSR count). The molecule has 1 aromatic carbocycles. The number of fused-ring (bicyclic) bond motifs is 1. The second kappa shape index (κ2) is 10.6. The van der Waals surface area contributed by atoms with Crippen LogP contribution >= 0.6 is 0 Å². The molecule has 0 amide bonds. The zero-order valence-corrected chi connectivity index (χ0v) is 15.5. The third-order valence-electron chi connectivity index (χ3n) is 3.12. The molecule has 0 aliphatic rings. The molecule has 0 fully saturated rings. The molecule has 0 aliphatic heterocycles. The largest absolute Gasteiger partial charge is 0.493 e. The number of carbonyl (C=O) groups excluding carboxylic acids is 1. The van der Waals surface area contributed by atoms with Gasteiger partial charge >= 0.3 is 17.8 Å². The fourth-order valence-corrected chi connectivity index (χ4v) is 1.93. The summed E-state index contributed by atoms with van der Waals surface area (Å²) in [5.41, 5.74) is 0.0791. The van der Waals surface area contributed by atoms with Crippen molar-refractivity contribution in [1.29, 1.82) is 0 Å². The van der Waals surface area contributed by atoms with Crippen LogP contribution in [-0.4, -0.2) is 25.4 Å². The van der Waals surface area contributed by atoms with Crippen LogP contribution in [0.3, 0.4) is 0 Å². The van der Waals surface area contributed by atoms with E-state index in [0.717, 1.165) is 18.2 Å². The fraction of sp³-hybridized carbons (Fsp3) is 0.474. The molecule has 0 spiro atoms. The normalized spacial score (nSPS) is 11.1. The van der Waals surface area contributed by atoms with Gasteiger partial charge in [-0.25, -0.2) is 4.79 Å². The van der Waals surface area contributed by atoms with Crippen LogP contribution in [0.15, 0.2) is 39.5 Å². The molecule has 0 atom stereocenters. The number of halogens is 3. The zero-order chi connectivity index (χ0) is 20.4. The Bertz CT molecular complexity index is 775. The minimum absolute atomic E-state index is 0.105. The number of alkyl halides is 3. The van der Waals surface area contributed by atoms with Crippen LogP contribution in [0.2, 0.25) is 0 Å². The fourth-order valence-electron chi connectivity index (χ4n) is 1.93. The summed E-state index contributed by atoms with van der Waals surface area (Å²) in [6, 6.07) is 8.59. The Balaban J connectivity index is 0.000000646. The van der Waals surface area contributed by atoms with Crippen LogP contribution in [0.4, 0.5) is 13.2 Å². The predicted molar refractivity (Wildman–Crippen MR) is 94.7 cm³/mol. The van der Waals surface area contributed by atoms with Gasteiger partial charge in [0.25, 0.3) is 0 Å². The Morgan fingerprint density at radius 3 is 2.37 bits per heavy atom. The quantitative estimate of drug-likeness (QED) is 0.390. The van der Waals surface area contributed by atoms with Crippen LogP contribution in [0.25, 0.3) is 11.0 Å². The number of rotatable bonds is 7. The molecule has 0 N–H and O–H groups in total. The Hall–Kier alpha value is -2.51. The number of para-hydroxylation sites is 1. The summed E-state index contributed by atoms with van der Waals surface area (Å²) in [5.74, 6) is 0.227. The Labute approximate surface area is 155 Å². The average Bonchev–Trinajstić information content (AvgIpc) is 2.55. The second-order valence-electron chi connectivity index (χ2n) is 6.08. The molecule has 27 heavy (non-hydrogen) atoms. The van der Waals surface area contributed by atoms with Gasteiger partial charge in [0.15, 0.2) is 0 Å². The molecule has 2 aromatic rings. The van der Waals surface area contributed by atoms with Crippen molar-refractivity contribution in [2.45, 2.75) is 39.8 Å². The van der Waals surface area contributed by atoms with E-state index in [9.17, 15) is 22.8 Å². The van der Waals surface area contributed by atoms with E-state index in [4.69, 9.17) is 13.9 Å². The third-order valence-corrected chi connectivity index (χ3v) is 3.12. The number of benzene rings is 1. The first-order valence-electron chi connectivity index (χ1n) is 8.47.